The molecule has 1 aliphatic heterocycles. The van der Waals surface area contributed by atoms with E-state index < -0.39 is 0 Å². The Morgan fingerprint density at radius 2 is 1.74 bits per heavy atom. The summed E-state index contributed by atoms with van der Waals surface area (Å²) < 4.78 is 0. The summed E-state index contributed by atoms with van der Waals surface area (Å²) in [6.45, 7) is 1.65. The lowest BCUT2D eigenvalue weighted by Crippen LogP contribution is -2.38. The van der Waals surface area contributed by atoms with Crippen molar-refractivity contribution < 1.29 is 4.79 Å². The molecule has 1 aromatic carbocycles. The maximum absolute atomic E-state index is 12.5. The van der Waals surface area contributed by atoms with Gasteiger partial charge in [-0.25, -0.2) is 4.79 Å². The van der Waals surface area contributed by atoms with E-state index in [1.165, 1.54) is 6.42 Å². The highest BCUT2D eigenvalue weighted by Crippen LogP contribution is 2.29. The number of carbonyl (C=O) groups is 1. The maximum atomic E-state index is 12.5. The number of hydrogen-bond donors (Lipinski definition) is 1. The highest BCUT2D eigenvalue weighted by atomic mass is 16.2. The second-order valence-corrected chi connectivity index (χ2v) is 5.88. The number of benzene rings is 1. The second kappa shape index (κ2) is 5.83. The standard InChI is InChI=1S/C18H18N4O/c23-18(22-10-2-1-3-11-22)21-15-12-13-6-4-8-19-16(13)14-7-5-9-20-17(14)15/h4-9,12H,1-3,10-11H2,(H,21,23). The van der Waals surface area contributed by atoms with E-state index in [1.54, 1.807) is 12.4 Å². The van der Waals surface area contributed by atoms with Crippen LogP contribution in [0, 0.1) is 0 Å². The average molecular weight is 306 g/mol. The molecule has 0 spiro atoms. The Morgan fingerprint density at radius 3 is 2.57 bits per heavy atom. The van der Waals surface area contributed by atoms with Gasteiger partial charge in [0.1, 0.15) is 0 Å². The lowest BCUT2D eigenvalue weighted by atomic mass is 10.1. The van der Waals surface area contributed by atoms with Crippen LogP contribution < -0.4 is 5.32 Å². The van der Waals surface area contributed by atoms with Crippen LogP contribution in [0.5, 0.6) is 0 Å². The molecule has 5 nitrogen and oxygen atoms in total. The number of hydrogen-bond acceptors (Lipinski definition) is 3. The molecule has 2 aromatic heterocycles. The Bertz CT molecular complexity index is 871. The Labute approximate surface area is 134 Å². The van der Waals surface area contributed by atoms with Crippen molar-refractivity contribution in [3.05, 3.63) is 42.7 Å². The van der Waals surface area contributed by atoms with Crippen LogP contribution in [0.2, 0.25) is 0 Å². The number of rotatable bonds is 1. The van der Waals surface area contributed by atoms with Gasteiger partial charge in [-0.2, -0.15) is 0 Å². The summed E-state index contributed by atoms with van der Waals surface area (Å²) in [5.74, 6) is 0. The summed E-state index contributed by atoms with van der Waals surface area (Å²) >= 11 is 0. The topological polar surface area (TPSA) is 58.1 Å². The van der Waals surface area contributed by atoms with Crippen molar-refractivity contribution in [2.45, 2.75) is 19.3 Å². The molecule has 0 bridgehead atoms. The molecular weight excluding hydrogens is 288 g/mol. The summed E-state index contributed by atoms with van der Waals surface area (Å²) in [5.41, 5.74) is 2.44. The Morgan fingerprint density at radius 1 is 1.00 bits per heavy atom. The summed E-state index contributed by atoms with van der Waals surface area (Å²) in [6.07, 6.45) is 6.88. The van der Waals surface area contributed by atoms with Crippen molar-refractivity contribution in [3.8, 4) is 0 Å². The van der Waals surface area contributed by atoms with Crippen LogP contribution in [0.25, 0.3) is 21.8 Å². The molecule has 0 unspecified atom stereocenters. The summed E-state index contributed by atoms with van der Waals surface area (Å²) in [7, 11) is 0. The van der Waals surface area contributed by atoms with E-state index >= 15 is 0 Å². The van der Waals surface area contributed by atoms with Gasteiger partial charge in [-0.05, 0) is 43.5 Å². The minimum atomic E-state index is -0.0418. The van der Waals surface area contributed by atoms with Crippen LogP contribution >= 0.6 is 0 Å². The van der Waals surface area contributed by atoms with Crippen molar-refractivity contribution in [3.63, 3.8) is 0 Å². The molecule has 3 aromatic rings. The average Bonchev–Trinajstić information content (AvgIpc) is 2.62. The number of pyridine rings is 2. The van der Waals surface area contributed by atoms with Crippen molar-refractivity contribution in [2.75, 3.05) is 18.4 Å². The van der Waals surface area contributed by atoms with E-state index in [9.17, 15) is 4.79 Å². The Hall–Kier alpha value is -2.69. The van der Waals surface area contributed by atoms with Gasteiger partial charge >= 0.3 is 6.03 Å². The van der Waals surface area contributed by atoms with Gasteiger partial charge in [0.05, 0.1) is 16.7 Å². The molecule has 1 N–H and O–H groups in total. The van der Waals surface area contributed by atoms with E-state index in [2.05, 4.69) is 15.3 Å². The molecule has 116 valence electrons. The molecule has 0 atom stereocenters. The zero-order chi connectivity index (χ0) is 15.6. The Kier molecular flexibility index (Phi) is 3.54. The quantitative estimate of drug-likeness (QED) is 0.696. The third kappa shape index (κ3) is 2.59. The van der Waals surface area contributed by atoms with Crippen LogP contribution in [-0.4, -0.2) is 34.0 Å². The van der Waals surface area contributed by atoms with Gasteiger partial charge in [-0.1, -0.05) is 6.07 Å². The molecular formula is C18H18N4O. The number of carbonyl (C=O) groups excluding carboxylic acids is 1. The smallest absolute Gasteiger partial charge is 0.321 e. The van der Waals surface area contributed by atoms with Gasteiger partial charge in [-0.15, -0.1) is 0 Å². The van der Waals surface area contributed by atoms with Gasteiger partial charge in [0.25, 0.3) is 0 Å². The number of amides is 2. The normalized spacial score (nSPS) is 15.0. The zero-order valence-electron chi connectivity index (χ0n) is 12.8. The molecule has 4 rings (SSSR count). The first kappa shape index (κ1) is 13.9. The number of likely N-dealkylation sites (tertiary alicyclic amines) is 1. The predicted molar refractivity (Wildman–Crippen MR) is 91.5 cm³/mol. The third-order valence-corrected chi connectivity index (χ3v) is 4.34. The molecule has 1 aliphatic rings. The number of nitrogens with zero attached hydrogens (tertiary/aromatic N) is 3. The second-order valence-electron chi connectivity index (χ2n) is 5.88. The van der Waals surface area contributed by atoms with Crippen LogP contribution in [0.1, 0.15) is 19.3 Å². The molecule has 23 heavy (non-hydrogen) atoms. The molecule has 1 fully saturated rings. The van der Waals surface area contributed by atoms with Crippen LogP contribution in [0.3, 0.4) is 0 Å². The minimum Gasteiger partial charge on any atom is -0.325 e. The van der Waals surface area contributed by atoms with Gasteiger partial charge in [0.2, 0.25) is 0 Å². The SMILES string of the molecule is O=C(Nc1cc2cccnc2c2cccnc12)N1CCCCC1. The van der Waals surface area contributed by atoms with Crippen molar-refractivity contribution in [1.29, 1.82) is 0 Å². The molecule has 0 radical (unpaired) electrons. The van der Waals surface area contributed by atoms with E-state index in [-0.39, 0.29) is 6.03 Å². The van der Waals surface area contributed by atoms with Crippen LogP contribution in [-0.2, 0) is 0 Å². The Balaban J connectivity index is 1.77. The van der Waals surface area contributed by atoms with E-state index in [1.807, 2.05) is 35.2 Å². The van der Waals surface area contributed by atoms with Gasteiger partial charge < -0.3 is 10.2 Å². The van der Waals surface area contributed by atoms with Crippen LogP contribution in [0.4, 0.5) is 10.5 Å². The summed E-state index contributed by atoms with van der Waals surface area (Å²) in [6, 6.07) is 9.71. The van der Waals surface area contributed by atoms with E-state index in [0.29, 0.717) is 0 Å². The fraction of sp³-hybridized carbons (Fsp3) is 0.278. The summed E-state index contributed by atoms with van der Waals surface area (Å²) in [4.78, 5) is 23.3. The van der Waals surface area contributed by atoms with Gasteiger partial charge in [-0.3, -0.25) is 9.97 Å². The lowest BCUT2D eigenvalue weighted by molar-refractivity contribution is 0.200. The van der Waals surface area contributed by atoms with Crippen LogP contribution in [0.15, 0.2) is 42.7 Å². The fourth-order valence-corrected chi connectivity index (χ4v) is 3.18. The largest absolute Gasteiger partial charge is 0.325 e. The minimum absolute atomic E-state index is 0.0418. The van der Waals surface area contributed by atoms with Crippen molar-refractivity contribution in [2.24, 2.45) is 0 Å². The first-order chi connectivity index (χ1) is 11.3. The molecule has 3 heterocycles. The van der Waals surface area contributed by atoms with Crippen molar-refractivity contribution >= 4 is 33.5 Å². The first-order valence-corrected chi connectivity index (χ1v) is 8.01. The predicted octanol–water partition coefficient (Wildman–Crippen LogP) is 3.80. The highest BCUT2D eigenvalue weighted by molar-refractivity contribution is 6.11. The van der Waals surface area contributed by atoms with Gasteiger partial charge in [0, 0.05) is 36.3 Å². The fourth-order valence-electron chi connectivity index (χ4n) is 3.18. The monoisotopic (exact) mass is 306 g/mol. The summed E-state index contributed by atoms with van der Waals surface area (Å²) in [5, 5.41) is 5.00. The number of aromatic nitrogens is 2. The molecule has 1 saturated heterocycles. The van der Waals surface area contributed by atoms with E-state index in [4.69, 9.17) is 0 Å². The zero-order valence-corrected chi connectivity index (χ0v) is 12.8. The highest BCUT2D eigenvalue weighted by Gasteiger charge is 2.18. The number of nitrogens with one attached hydrogen (secondary N) is 1. The number of piperidine rings is 1. The molecule has 0 aliphatic carbocycles. The van der Waals surface area contributed by atoms with E-state index in [0.717, 1.165) is 53.4 Å². The number of urea groups is 1. The molecule has 2 amide bonds. The van der Waals surface area contributed by atoms with Crippen molar-refractivity contribution in [1.82, 2.24) is 14.9 Å². The number of anilines is 1. The molecule has 0 saturated carbocycles. The lowest BCUT2D eigenvalue weighted by Gasteiger charge is -2.27. The van der Waals surface area contributed by atoms with Gasteiger partial charge in [0.15, 0.2) is 0 Å². The first-order valence-electron chi connectivity index (χ1n) is 8.01. The third-order valence-electron chi connectivity index (χ3n) is 4.34. The number of fused-ring (bicyclic) bond motifs is 3. The molecule has 5 heteroatoms. The maximum Gasteiger partial charge on any atom is 0.321 e.